The standard InChI is InChI=1S/C41H37N4O.2Pd/c1-8-30-15-16-42-40(19-30)45-38-12-10-9-11-35(38)36-14-13-33(23-39(36)45)46-34-21-31(25(2)3)20-32(22-34)44-24-37(29(7)43-44)41-27(5)17-26(4)18-28(41)6;;/h9-21,25H,8H2,1-7H3;;/q-3;;+2. The van der Waals surface area contributed by atoms with E-state index in [4.69, 9.17) is 14.8 Å². The fourth-order valence-electron chi connectivity index (χ4n) is 6.48. The molecule has 4 aromatic carbocycles. The predicted octanol–water partition coefficient (Wildman–Crippen LogP) is 10.1. The van der Waals surface area contributed by atoms with Crippen molar-refractivity contribution in [2.24, 2.45) is 0 Å². The SMILES string of the molecule is CCc1ccnc(-n2c3[c-]c(Oc4[c-]c(-n5[c-]c(-c6c(C)cc(C)cc6C)c(C)n5)cc(C(C)C)c4)ccc3c3ccccc32)c1.[Pd+2].[Pd]. The number of aromatic nitrogens is 4. The van der Waals surface area contributed by atoms with Crippen molar-refractivity contribution >= 4 is 21.8 Å². The molecule has 0 bridgehead atoms. The number of fused-ring (bicyclic) bond motifs is 3. The van der Waals surface area contributed by atoms with Gasteiger partial charge in [-0.1, -0.05) is 85.8 Å². The second-order valence-electron chi connectivity index (χ2n) is 12.5. The van der Waals surface area contributed by atoms with Crippen molar-refractivity contribution < 1.29 is 45.6 Å². The molecular formula is C41H37N4OPd2-. The van der Waals surface area contributed by atoms with Crippen LogP contribution in [0.5, 0.6) is 11.5 Å². The summed E-state index contributed by atoms with van der Waals surface area (Å²) < 4.78 is 10.5. The summed E-state index contributed by atoms with van der Waals surface area (Å²) in [6, 6.07) is 32.4. The first-order chi connectivity index (χ1) is 22.2. The molecule has 0 N–H and O–H groups in total. The number of nitrogens with zero attached hydrogens (tertiary/aromatic N) is 4. The minimum Gasteiger partial charge on any atom is -0.510 e. The van der Waals surface area contributed by atoms with Crippen LogP contribution < -0.4 is 4.74 Å². The quantitative estimate of drug-likeness (QED) is 0.119. The van der Waals surface area contributed by atoms with Crippen LogP contribution in [0.2, 0.25) is 0 Å². The third-order valence-corrected chi connectivity index (χ3v) is 8.73. The van der Waals surface area contributed by atoms with E-state index < -0.39 is 0 Å². The first-order valence-electron chi connectivity index (χ1n) is 15.9. The molecule has 0 atom stereocenters. The van der Waals surface area contributed by atoms with Gasteiger partial charge in [-0.2, -0.15) is 23.8 Å². The minimum absolute atomic E-state index is 0. The summed E-state index contributed by atoms with van der Waals surface area (Å²) in [5.41, 5.74) is 12.0. The molecule has 48 heavy (non-hydrogen) atoms. The average Bonchev–Trinajstić information content (AvgIpc) is 3.58. The summed E-state index contributed by atoms with van der Waals surface area (Å²) in [4.78, 5) is 4.75. The molecule has 0 radical (unpaired) electrons. The van der Waals surface area contributed by atoms with Gasteiger partial charge in [-0.25, -0.2) is 10.1 Å². The molecule has 248 valence electrons. The maximum atomic E-state index is 6.54. The molecule has 7 rings (SSSR count). The molecule has 0 fully saturated rings. The first-order valence-corrected chi connectivity index (χ1v) is 15.9. The molecule has 0 aliphatic rings. The van der Waals surface area contributed by atoms with Crippen molar-refractivity contribution in [1.82, 2.24) is 19.3 Å². The van der Waals surface area contributed by atoms with Gasteiger partial charge in [0.25, 0.3) is 0 Å². The number of para-hydroxylation sites is 1. The van der Waals surface area contributed by atoms with Crippen LogP contribution in [0.4, 0.5) is 0 Å². The molecule has 0 aliphatic carbocycles. The fraction of sp³-hybridized carbons (Fsp3) is 0.220. The third-order valence-electron chi connectivity index (χ3n) is 8.73. The number of hydrogen-bond acceptors (Lipinski definition) is 3. The third kappa shape index (κ3) is 6.59. The van der Waals surface area contributed by atoms with Crippen LogP contribution in [-0.4, -0.2) is 19.3 Å². The molecule has 0 unspecified atom stereocenters. The minimum atomic E-state index is 0. The Bertz CT molecular complexity index is 2240. The van der Waals surface area contributed by atoms with E-state index in [-0.39, 0.29) is 46.8 Å². The number of rotatable bonds is 7. The summed E-state index contributed by atoms with van der Waals surface area (Å²) in [6.45, 7) is 15.0. The topological polar surface area (TPSA) is 44.9 Å². The van der Waals surface area contributed by atoms with Crippen LogP contribution in [0.15, 0.2) is 79.0 Å². The van der Waals surface area contributed by atoms with Gasteiger partial charge in [0.1, 0.15) is 5.82 Å². The Morgan fingerprint density at radius 1 is 0.833 bits per heavy atom. The van der Waals surface area contributed by atoms with E-state index in [2.05, 4.69) is 131 Å². The zero-order valence-corrected chi connectivity index (χ0v) is 31.2. The van der Waals surface area contributed by atoms with Crippen LogP contribution in [0.3, 0.4) is 0 Å². The number of ether oxygens (including phenoxy) is 1. The largest absolute Gasteiger partial charge is 2.00 e. The number of benzene rings is 4. The molecule has 3 aromatic heterocycles. The van der Waals surface area contributed by atoms with Crippen molar-refractivity contribution in [3.63, 3.8) is 0 Å². The number of aryl methyl sites for hydroxylation is 5. The maximum absolute atomic E-state index is 6.54. The summed E-state index contributed by atoms with van der Waals surface area (Å²) in [7, 11) is 0. The van der Waals surface area contributed by atoms with E-state index in [0.29, 0.717) is 11.5 Å². The van der Waals surface area contributed by atoms with Gasteiger partial charge in [0.05, 0.1) is 0 Å². The van der Waals surface area contributed by atoms with E-state index in [1.54, 1.807) is 4.68 Å². The first kappa shape index (κ1) is 35.5. The van der Waals surface area contributed by atoms with Gasteiger partial charge in [0, 0.05) is 43.6 Å². The molecule has 0 amide bonds. The van der Waals surface area contributed by atoms with Crippen molar-refractivity contribution in [3.8, 4) is 34.1 Å². The van der Waals surface area contributed by atoms with Crippen molar-refractivity contribution in [2.45, 2.75) is 60.8 Å². The Kier molecular flexibility index (Phi) is 10.6. The number of hydrogen-bond donors (Lipinski definition) is 0. The molecule has 3 heterocycles. The van der Waals surface area contributed by atoms with Crippen LogP contribution in [0.1, 0.15) is 60.2 Å². The van der Waals surface area contributed by atoms with E-state index >= 15 is 0 Å². The molecule has 5 nitrogen and oxygen atoms in total. The van der Waals surface area contributed by atoms with E-state index in [0.717, 1.165) is 56.6 Å². The molecular weight excluding hydrogens is 777 g/mol. The summed E-state index contributed by atoms with van der Waals surface area (Å²) >= 11 is 0. The van der Waals surface area contributed by atoms with Crippen LogP contribution in [-0.2, 0) is 47.3 Å². The Balaban J connectivity index is 0.00000225. The molecule has 7 aromatic rings. The Hall–Kier alpha value is -3.84. The van der Waals surface area contributed by atoms with Crippen LogP contribution in [0, 0.1) is 46.0 Å². The van der Waals surface area contributed by atoms with Crippen molar-refractivity contribution in [2.75, 3.05) is 0 Å². The van der Waals surface area contributed by atoms with Crippen LogP contribution >= 0.6 is 0 Å². The second-order valence-corrected chi connectivity index (χ2v) is 12.5. The predicted molar refractivity (Wildman–Crippen MR) is 187 cm³/mol. The summed E-state index contributed by atoms with van der Waals surface area (Å²) in [6.07, 6.45) is 6.36. The number of pyridine rings is 1. The normalized spacial score (nSPS) is 11.2. The molecule has 0 spiro atoms. The maximum Gasteiger partial charge on any atom is 2.00 e. The Morgan fingerprint density at radius 3 is 2.31 bits per heavy atom. The van der Waals surface area contributed by atoms with Gasteiger partial charge in [0.2, 0.25) is 0 Å². The monoisotopic (exact) mass is 813 g/mol. The van der Waals surface area contributed by atoms with Gasteiger partial charge in [-0.3, -0.25) is 0 Å². The van der Waals surface area contributed by atoms with Gasteiger partial charge < -0.3 is 14.0 Å². The zero-order chi connectivity index (χ0) is 32.1. The molecule has 0 saturated carbocycles. The fourth-order valence-corrected chi connectivity index (χ4v) is 6.48. The summed E-state index contributed by atoms with van der Waals surface area (Å²) in [5.74, 6) is 2.36. The van der Waals surface area contributed by atoms with Crippen molar-refractivity contribution in [1.29, 1.82) is 0 Å². The Morgan fingerprint density at radius 2 is 1.58 bits per heavy atom. The van der Waals surface area contributed by atoms with Gasteiger partial charge >= 0.3 is 20.4 Å². The van der Waals surface area contributed by atoms with Crippen molar-refractivity contribution in [3.05, 3.63) is 131 Å². The van der Waals surface area contributed by atoms with Gasteiger partial charge in [-0.05, 0) is 74.1 Å². The van der Waals surface area contributed by atoms with E-state index in [1.807, 2.05) is 19.2 Å². The zero-order valence-electron chi connectivity index (χ0n) is 28.1. The molecule has 0 aliphatic heterocycles. The molecule has 0 saturated heterocycles. The smallest absolute Gasteiger partial charge is 0.510 e. The van der Waals surface area contributed by atoms with Gasteiger partial charge in [0.15, 0.2) is 0 Å². The van der Waals surface area contributed by atoms with Gasteiger partial charge in [-0.15, -0.1) is 34.8 Å². The second kappa shape index (κ2) is 14.3. The van der Waals surface area contributed by atoms with E-state index in [1.165, 1.54) is 27.8 Å². The average molecular weight is 815 g/mol. The summed E-state index contributed by atoms with van der Waals surface area (Å²) in [5, 5.41) is 7.14. The Labute approximate surface area is 310 Å². The van der Waals surface area contributed by atoms with Crippen LogP contribution in [0.25, 0.3) is 44.4 Å². The van der Waals surface area contributed by atoms with E-state index in [9.17, 15) is 0 Å². The molecule has 7 heteroatoms.